The first kappa shape index (κ1) is 8.44. The number of hydrogen-bond acceptors (Lipinski definition) is 2. The number of imidazole rings is 1. The SMILES string of the molecule is Brc1nc(C2CNC2)n2ccccc12. The smallest absolute Gasteiger partial charge is 0.132 e. The first-order chi connectivity index (χ1) is 6.86. The molecule has 0 amide bonds. The Kier molecular flexibility index (Phi) is 1.85. The molecule has 1 aliphatic rings. The maximum Gasteiger partial charge on any atom is 0.132 e. The third kappa shape index (κ3) is 1.11. The fourth-order valence-electron chi connectivity index (χ4n) is 1.78. The molecule has 0 aromatic carbocycles. The van der Waals surface area contributed by atoms with Crippen molar-refractivity contribution in [3.63, 3.8) is 0 Å². The lowest BCUT2D eigenvalue weighted by molar-refractivity contribution is 0.429. The molecule has 0 unspecified atom stereocenters. The van der Waals surface area contributed by atoms with Crippen molar-refractivity contribution in [2.24, 2.45) is 0 Å². The predicted octanol–water partition coefficient (Wildman–Crippen LogP) is 1.78. The van der Waals surface area contributed by atoms with Gasteiger partial charge in [-0.1, -0.05) is 6.07 Å². The van der Waals surface area contributed by atoms with Gasteiger partial charge < -0.3 is 9.72 Å². The Morgan fingerprint density at radius 2 is 2.29 bits per heavy atom. The van der Waals surface area contributed by atoms with Crippen LogP contribution in [0.25, 0.3) is 5.52 Å². The summed E-state index contributed by atoms with van der Waals surface area (Å²) in [5.74, 6) is 1.72. The van der Waals surface area contributed by atoms with Gasteiger partial charge in [-0.2, -0.15) is 0 Å². The summed E-state index contributed by atoms with van der Waals surface area (Å²) in [6.45, 7) is 2.08. The second-order valence-corrected chi connectivity index (χ2v) is 4.32. The zero-order valence-electron chi connectivity index (χ0n) is 7.57. The fourth-order valence-corrected chi connectivity index (χ4v) is 2.29. The molecule has 4 heteroatoms. The van der Waals surface area contributed by atoms with Crippen molar-refractivity contribution in [1.82, 2.24) is 14.7 Å². The highest BCUT2D eigenvalue weighted by Gasteiger charge is 2.24. The van der Waals surface area contributed by atoms with Crippen molar-refractivity contribution in [2.45, 2.75) is 5.92 Å². The maximum absolute atomic E-state index is 4.55. The number of rotatable bonds is 1. The summed E-state index contributed by atoms with van der Waals surface area (Å²) in [6, 6.07) is 6.15. The Balaban J connectivity index is 2.23. The van der Waals surface area contributed by atoms with Crippen LogP contribution in [0.1, 0.15) is 11.7 Å². The molecule has 3 nitrogen and oxygen atoms in total. The van der Waals surface area contributed by atoms with Gasteiger partial charge in [0.2, 0.25) is 0 Å². The Morgan fingerprint density at radius 1 is 1.43 bits per heavy atom. The van der Waals surface area contributed by atoms with E-state index in [1.807, 2.05) is 12.1 Å². The molecule has 0 atom stereocenters. The van der Waals surface area contributed by atoms with E-state index in [0.717, 1.165) is 29.0 Å². The van der Waals surface area contributed by atoms with Gasteiger partial charge in [-0.25, -0.2) is 4.98 Å². The number of nitrogens with one attached hydrogen (secondary N) is 1. The molecule has 3 rings (SSSR count). The van der Waals surface area contributed by atoms with E-state index in [0.29, 0.717) is 5.92 Å². The molecule has 0 spiro atoms. The maximum atomic E-state index is 4.55. The molecule has 2 aromatic heterocycles. The van der Waals surface area contributed by atoms with Crippen LogP contribution in [-0.4, -0.2) is 22.5 Å². The molecule has 14 heavy (non-hydrogen) atoms. The molecule has 1 fully saturated rings. The summed E-state index contributed by atoms with van der Waals surface area (Å²) in [4.78, 5) is 4.55. The van der Waals surface area contributed by atoms with Gasteiger partial charge in [0.1, 0.15) is 10.4 Å². The van der Waals surface area contributed by atoms with E-state index in [1.165, 1.54) is 0 Å². The van der Waals surface area contributed by atoms with E-state index >= 15 is 0 Å². The number of fused-ring (bicyclic) bond motifs is 1. The molecule has 72 valence electrons. The van der Waals surface area contributed by atoms with Crippen LogP contribution < -0.4 is 5.32 Å². The highest BCUT2D eigenvalue weighted by atomic mass is 79.9. The summed E-state index contributed by atoms with van der Waals surface area (Å²) in [7, 11) is 0. The number of aromatic nitrogens is 2. The Bertz CT molecular complexity index is 473. The van der Waals surface area contributed by atoms with E-state index in [-0.39, 0.29) is 0 Å². The minimum absolute atomic E-state index is 0.566. The summed E-state index contributed by atoms with van der Waals surface area (Å²) >= 11 is 3.49. The molecule has 1 N–H and O–H groups in total. The monoisotopic (exact) mass is 251 g/mol. The van der Waals surface area contributed by atoms with Crippen molar-refractivity contribution in [3.05, 3.63) is 34.8 Å². The van der Waals surface area contributed by atoms with E-state index < -0.39 is 0 Å². The quantitative estimate of drug-likeness (QED) is 0.838. The third-order valence-electron chi connectivity index (χ3n) is 2.68. The number of halogens is 1. The summed E-state index contributed by atoms with van der Waals surface area (Å²) in [5.41, 5.74) is 1.15. The van der Waals surface area contributed by atoms with Crippen LogP contribution in [0.2, 0.25) is 0 Å². The molecule has 1 aliphatic heterocycles. The van der Waals surface area contributed by atoms with Crippen molar-refractivity contribution in [1.29, 1.82) is 0 Å². The Hall–Kier alpha value is -0.870. The molecule has 3 heterocycles. The average molecular weight is 252 g/mol. The van der Waals surface area contributed by atoms with E-state index in [9.17, 15) is 0 Å². The van der Waals surface area contributed by atoms with Crippen LogP contribution in [0.3, 0.4) is 0 Å². The molecular weight excluding hydrogens is 242 g/mol. The summed E-state index contributed by atoms with van der Waals surface area (Å²) < 4.78 is 3.11. The van der Waals surface area contributed by atoms with Gasteiger partial charge >= 0.3 is 0 Å². The largest absolute Gasteiger partial charge is 0.315 e. The lowest BCUT2D eigenvalue weighted by Gasteiger charge is -2.25. The molecule has 1 saturated heterocycles. The molecule has 2 aromatic rings. The molecule has 0 radical (unpaired) electrons. The minimum Gasteiger partial charge on any atom is -0.315 e. The zero-order chi connectivity index (χ0) is 9.54. The first-order valence-corrected chi connectivity index (χ1v) is 5.49. The van der Waals surface area contributed by atoms with Crippen molar-refractivity contribution in [3.8, 4) is 0 Å². The summed E-state index contributed by atoms with van der Waals surface area (Å²) in [6.07, 6.45) is 2.07. The lowest BCUT2D eigenvalue weighted by atomic mass is 10.0. The molecular formula is C10H10BrN3. The van der Waals surface area contributed by atoms with Gasteiger partial charge in [0, 0.05) is 25.2 Å². The van der Waals surface area contributed by atoms with E-state index in [2.05, 4.69) is 42.9 Å². The normalized spacial score (nSPS) is 17.2. The van der Waals surface area contributed by atoms with Crippen molar-refractivity contribution < 1.29 is 0 Å². The highest BCUT2D eigenvalue weighted by molar-refractivity contribution is 9.10. The van der Waals surface area contributed by atoms with Crippen LogP contribution in [0, 0.1) is 0 Å². The van der Waals surface area contributed by atoms with Crippen LogP contribution >= 0.6 is 15.9 Å². The van der Waals surface area contributed by atoms with Gasteiger partial charge in [0.05, 0.1) is 5.52 Å². The summed E-state index contributed by atoms with van der Waals surface area (Å²) in [5, 5.41) is 3.27. The van der Waals surface area contributed by atoms with Gasteiger partial charge in [-0.15, -0.1) is 0 Å². The topological polar surface area (TPSA) is 29.3 Å². The fraction of sp³-hybridized carbons (Fsp3) is 0.300. The Labute approximate surface area is 90.3 Å². The standard InChI is InChI=1S/C10H10BrN3/c11-9-8-3-1-2-4-14(8)10(13-9)7-5-12-6-7/h1-4,7,12H,5-6H2. The van der Waals surface area contributed by atoms with E-state index in [1.54, 1.807) is 0 Å². The van der Waals surface area contributed by atoms with Crippen LogP contribution in [0.15, 0.2) is 29.0 Å². The lowest BCUT2D eigenvalue weighted by Crippen LogP contribution is -2.40. The number of pyridine rings is 1. The first-order valence-electron chi connectivity index (χ1n) is 4.69. The zero-order valence-corrected chi connectivity index (χ0v) is 9.16. The van der Waals surface area contributed by atoms with Gasteiger partial charge in [0.25, 0.3) is 0 Å². The second kappa shape index (κ2) is 3.07. The van der Waals surface area contributed by atoms with Crippen LogP contribution in [0.5, 0.6) is 0 Å². The minimum atomic E-state index is 0.566. The van der Waals surface area contributed by atoms with Crippen LogP contribution in [-0.2, 0) is 0 Å². The molecule has 0 aliphatic carbocycles. The van der Waals surface area contributed by atoms with Gasteiger partial charge in [-0.3, -0.25) is 0 Å². The highest BCUT2D eigenvalue weighted by Crippen LogP contribution is 2.25. The third-order valence-corrected chi connectivity index (χ3v) is 3.26. The number of nitrogens with zero attached hydrogens (tertiary/aromatic N) is 2. The van der Waals surface area contributed by atoms with Crippen molar-refractivity contribution >= 4 is 21.4 Å². The Morgan fingerprint density at radius 3 is 3.00 bits per heavy atom. The van der Waals surface area contributed by atoms with Crippen LogP contribution in [0.4, 0.5) is 0 Å². The van der Waals surface area contributed by atoms with Gasteiger partial charge in [0.15, 0.2) is 0 Å². The predicted molar refractivity (Wildman–Crippen MR) is 58.5 cm³/mol. The molecule has 0 bridgehead atoms. The van der Waals surface area contributed by atoms with Gasteiger partial charge in [-0.05, 0) is 28.1 Å². The molecule has 0 saturated carbocycles. The van der Waals surface area contributed by atoms with E-state index in [4.69, 9.17) is 0 Å². The van der Waals surface area contributed by atoms with Crippen molar-refractivity contribution in [2.75, 3.05) is 13.1 Å². The second-order valence-electron chi connectivity index (χ2n) is 3.57. The average Bonchev–Trinajstić information content (AvgIpc) is 2.43. The number of hydrogen-bond donors (Lipinski definition) is 1.